The summed E-state index contributed by atoms with van der Waals surface area (Å²) in [5.74, 6) is -0.0926. The monoisotopic (exact) mass is 250 g/mol. The van der Waals surface area contributed by atoms with E-state index in [0.717, 1.165) is 37.9 Å². The van der Waals surface area contributed by atoms with Crippen LogP contribution < -0.4 is 10.6 Å². The van der Waals surface area contributed by atoms with Crippen molar-refractivity contribution < 1.29 is 4.39 Å². The smallest absolute Gasteiger partial charge is 0.126 e. The van der Waals surface area contributed by atoms with Gasteiger partial charge in [0.25, 0.3) is 0 Å². The molecule has 0 aliphatic carbocycles. The fourth-order valence-corrected chi connectivity index (χ4v) is 2.66. The van der Waals surface area contributed by atoms with E-state index in [1.54, 1.807) is 6.07 Å². The number of benzene rings is 1. The van der Waals surface area contributed by atoms with E-state index >= 15 is 0 Å². The molecule has 0 saturated carbocycles. The molecule has 2 N–H and O–H groups in total. The molecule has 3 heteroatoms. The first-order valence-corrected chi connectivity index (χ1v) is 6.79. The van der Waals surface area contributed by atoms with E-state index in [2.05, 4.69) is 24.5 Å². The quantitative estimate of drug-likeness (QED) is 0.858. The number of rotatable bonds is 4. The normalized spacial score (nSPS) is 22.9. The summed E-state index contributed by atoms with van der Waals surface area (Å²) in [6.45, 7) is 6.38. The molecule has 0 radical (unpaired) electrons. The van der Waals surface area contributed by atoms with Crippen LogP contribution >= 0.6 is 0 Å². The molecule has 1 aliphatic heterocycles. The molecule has 1 atom stereocenters. The van der Waals surface area contributed by atoms with Gasteiger partial charge in [0, 0.05) is 11.6 Å². The molecule has 2 nitrogen and oxygen atoms in total. The summed E-state index contributed by atoms with van der Waals surface area (Å²) in [6, 6.07) is 7.58. The van der Waals surface area contributed by atoms with Crippen LogP contribution in [0.5, 0.6) is 0 Å². The summed E-state index contributed by atoms with van der Waals surface area (Å²) in [6.07, 6.45) is 3.04. The maximum absolute atomic E-state index is 13.4. The number of halogens is 1. The van der Waals surface area contributed by atoms with Gasteiger partial charge in [0.2, 0.25) is 0 Å². The first-order valence-electron chi connectivity index (χ1n) is 6.79. The highest BCUT2D eigenvalue weighted by Crippen LogP contribution is 2.18. The highest BCUT2D eigenvalue weighted by atomic mass is 19.1. The highest BCUT2D eigenvalue weighted by molar-refractivity contribution is 5.17. The predicted molar refractivity (Wildman–Crippen MR) is 73.2 cm³/mol. The molecule has 0 bridgehead atoms. The Kier molecular flexibility index (Phi) is 4.36. The van der Waals surface area contributed by atoms with Crippen LogP contribution in [0.1, 0.15) is 32.3 Å². The Morgan fingerprint density at radius 1 is 1.39 bits per heavy atom. The molecule has 1 heterocycles. The van der Waals surface area contributed by atoms with Crippen molar-refractivity contribution in [1.82, 2.24) is 10.6 Å². The Morgan fingerprint density at radius 2 is 2.17 bits per heavy atom. The predicted octanol–water partition coefficient (Wildman–Crippen LogP) is 2.49. The van der Waals surface area contributed by atoms with Gasteiger partial charge in [-0.3, -0.25) is 0 Å². The first kappa shape index (κ1) is 13.5. The summed E-state index contributed by atoms with van der Waals surface area (Å²) in [4.78, 5) is 0. The van der Waals surface area contributed by atoms with E-state index in [1.807, 2.05) is 12.1 Å². The minimum absolute atomic E-state index is 0.0926. The molecular weight excluding hydrogens is 227 g/mol. The fourth-order valence-electron chi connectivity index (χ4n) is 2.66. The molecule has 0 aromatic heterocycles. The lowest BCUT2D eigenvalue weighted by Crippen LogP contribution is -2.52. The van der Waals surface area contributed by atoms with Gasteiger partial charge in [0.1, 0.15) is 5.82 Å². The van der Waals surface area contributed by atoms with Crippen molar-refractivity contribution in [2.75, 3.05) is 13.1 Å². The van der Waals surface area contributed by atoms with E-state index in [9.17, 15) is 4.39 Å². The first-order chi connectivity index (χ1) is 8.57. The number of nitrogens with one attached hydrogen (secondary N) is 2. The van der Waals surface area contributed by atoms with Crippen LogP contribution in [0.4, 0.5) is 4.39 Å². The van der Waals surface area contributed by atoms with Gasteiger partial charge in [-0.1, -0.05) is 18.2 Å². The van der Waals surface area contributed by atoms with Crippen molar-refractivity contribution in [2.24, 2.45) is 0 Å². The van der Waals surface area contributed by atoms with Crippen LogP contribution in [0, 0.1) is 5.82 Å². The summed E-state index contributed by atoms with van der Waals surface area (Å²) < 4.78 is 13.4. The van der Waals surface area contributed by atoms with Gasteiger partial charge in [-0.15, -0.1) is 0 Å². The van der Waals surface area contributed by atoms with E-state index < -0.39 is 0 Å². The van der Waals surface area contributed by atoms with Crippen LogP contribution in [0.2, 0.25) is 0 Å². The van der Waals surface area contributed by atoms with Crippen LogP contribution in [-0.2, 0) is 6.42 Å². The zero-order valence-corrected chi connectivity index (χ0v) is 11.3. The maximum atomic E-state index is 13.4. The van der Waals surface area contributed by atoms with Crippen molar-refractivity contribution in [3.05, 3.63) is 35.6 Å². The largest absolute Gasteiger partial charge is 0.314 e. The summed E-state index contributed by atoms with van der Waals surface area (Å²) >= 11 is 0. The van der Waals surface area contributed by atoms with Gasteiger partial charge in [-0.2, -0.15) is 0 Å². The third-order valence-corrected chi connectivity index (χ3v) is 3.64. The average molecular weight is 250 g/mol. The Balaban J connectivity index is 1.77. The van der Waals surface area contributed by atoms with Crippen molar-refractivity contribution in [1.29, 1.82) is 0 Å². The molecule has 1 aromatic carbocycles. The van der Waals surface area contributed by atoms with Gasteiger partial charge in [0.05, 0.1) is 0 Å². The Morgan fingerprint density at radius 3 is 2.89 bits per heavy atom. The molecule has 0 spiro atoms. The molecule has 100 valence electrons. The molecule has 1 fully saturated rings. The second-order valence-corrected chi connectivity index (χ2v) is 5.80. The van der Waals surface area contributed by atoms with Crippen molar-refractivity contribution in [2.45, 2.75) is 44.7 Å². The Hall–Kier alpha value is -0.930. The van der Waals surface area contributed by atoms with E-state index in [4.69, 9.17) is 0 Å². The lowest BCUT2D eigenvalue weighted by molar-refractivity contribution is 0.249. The summed E-state index contributed by atoms with van der Waals surface area (Å²) in [7, 11) is 0. The van der Waals surface area contributed by atoms with Crippen LogP contribution in [0.3, 0.4) is 0 Å². The third-order valence-electron chi connectivity index (χ3n) is 3.64. The topological polar surface area (TPSA) is 24.1 Å². The minimum atomic E-state index is -0.0926. The Labute approximate surface area is 109 Å². The average Bonchev–Trinajstić information content (AvgIpc) is 2.30. The zero-order valence-electron chi connectivity index (χ0n) is 11.3. The van der Waals surface area contributed by atoms with Crippen molar-refractivity contribution in [3.8, 4) is 0 Å². The second kappa shape index (κ2) is 5.81. The van der Waals surface area contributed by atoms with Gasteiger partial charge in [0.15, 0.2) is 0 Å². The van der Waals surface area contributed by atoms with Gasteiger partial charge < -0.3 is 10.6 Å². The molecule has 2 rings (SSSR count). The van der Waals surface area contributed by atoms with E-state index in [0.29, 0.717) is 6.04 Å². The van der Waals surface area contributed by atoms with Crippen LogP contribution in [-0.4, -0.2) is 24.7 Å². The third kappa shape index (κ3) is 3.79. The molecule has 18 heavy (non-hydrogen) atoms. The standard InChI is InChI=1S/C15H23FN2/c1-15(2)11-13(8-10-18-15)17-9-7-12-5-3-4-6-14(12)16/h3-6,13,17-18H,7-11H2,1-2H3. The molecule has 1 aliphatic rings. The SMILES string of the molecule is CC1(C)CC(NCCc2ccccc2F)CCN1. The highest BCUT2D eigenvalue weighted by Gasteiger charge is 2.26. The number of hydrogen-bond acceptors (Lipinski definition) is 2. The number of piperidine rings is 1. The van der Waals surface area contributed by atoms with Crippen LogP contribution in [0.15, 0.2) is 24.3 Å². The lowest BCUT2D eigenvalue weighted by atomic mass is 9.89. The van der Waals surface area contributed by atoms with Gasteiger partial charge in [-0.05, 0) is 57.8 Å². The van der Waals surface area contributed by atoms with E-state index in [-0.39, 0.29) is 11.4 Å². The fraction of sp³-hybridized carbons (Fsp3) is 0.600. The minimum Gasteiger partial charge on any atom is -0.314 e. The second-order valence-electron chi connectivity index (χ2n) is 5.80. The molecule has 1 aromatic rings. The summed E-state index contributed by atoms with van der Waals surface area (Å²) in [5.41, 5.74) is 1.02. The van der Waals surface area contributed by atoms with Crippen molar-refractivity contribution >= 4 is 0 Å². The van der Waals surface area contributed by atoms with Crippen LogP contribution in [0.25, 0.3) is 0 Å². The van der Waals surface area contributed by atoms with Gasteiger partial charge in [-0.25, -0.2) is 4.39 Å². The zero-order chi connectivity index (χ0) is 13.0. The molecule has 0 amide bonds. The number of hydrogen-bond donors (Lipinski definition) is 2. The van der Waals surface area contributed by atoms with E-state index in [1.165, 1.54) is 6.07 Å². The van der Waals surface area contributed by atoms with Crippen molar-refractivity contribution in [3.63, 3.8) is 0 Å². The lowest BCUT2D eigenvalue weighted by Gasteiger charge is -2.37. The Bertz CT molecular complexity index is 390. The maximum Gasteiger partial charge on any atom is 0.126 e. The van der Waals surface area contributed by atoms with Gasteiger partial charge >= 0.3 is 0 Å². The molecular formula is C15H23FN2. The summed E-state index contributed by atoms with van der Waals surface area (Å²) in [5, 5.41) is 7.05. The molecule has 1 saturated heterocycles. The molecule has 1 unspecified atom stereocenters.